The highest BCUT2D eigenvalue weighted by molar-refractivity contribution is 7.99. The molecule has 0 saturated carbocycles. The third kappa shape index (κ3) is 3.23. The number of benzene rings is 1. The van der Waals surface area contributed by atoms with E-state index in [2.05, 4.69) is 0 Å². The van der Waals surface area contributed by atoms with E-state index < -0.39 is 11.9 Å². The molecule has 92 valence electrons. The second-order valence-electron chi connectivity index (χ2n) is 3.14. The minimum absolute atomic E-state index is 0.0121. The number of hydrogen-bond acceptors (Lipinski definition) is 4. The summed E-state index contributed by atoms with van der Waals surface area (Å²) in [6.45, 7) is 3.85. The van der Waals surface area contributed by atoms with Crippen LogP contribution in [0.25, 0.3) is 0 Å². The van der Waals surface area contributed by atoms with E-state index in [9.17, 15) is 9.59 Å². The maximum absolute atomic E-state index is 11.8. The number of carbonyl (C=O) groups excluding carboxylic acids is 1. The predicted molar refractivity (Wildman–Crippen MR) is 65.8 cm³/mol. The molecule has 1 N–H and O–H groups in total. The van der Waals surface area contributed by atoms with E-state index in [0.717, 1.165) is 5.75 Å². The summed E-state index contributed by atoms with van der Waals surface area (Å²) in [4.78, 5) is 23.5. The fraction of sp³-hybridized carbons (Fsp3) is 0.333. The number of aromatic carboxylic acids is 1. The van der Waals surface area contributed by atoms with Crippen LogP contribution in [0, 0.1) is 0 Å². The van der Waals surface area contributed by atoms with Crippen LogP contribution in [0.4, 0.5) is 0 Å². The fourth-order valence-corrected chi connectivity index (χ4v) is 2.22. The molecule has 0 saturated heterocycles. The minimum Gasteiger partial charge on any atom is -0.478 e. The van der Waals surface area contributed by atoms with Gasteiger partial charge in [0.05, 0.1) is 17.7 Å². The first-order valence-electron chi connectivity index (χ1n) is 5.28. The Kier molecular flexibility index (Phi) is 5.03. The molecule has 0 spiro atoms. The first-order valence-corrected chi connectivity index (χ1v) is 6.26. The van der Waals surface area contributed by atoms with Crippen LogP contribution in [0.2, 0.25) is 0 Å². The summed E-state index contributed by atoms with van der Waals surface area (Å²) in [5, 5.41) is 9.06. The molecule has 0 heterocycles. The second-order valence-corrected chi connectivity index (χ2v) is 4.44. The highest BCUT2D eigenvalue weighted by atomic mass is 32.2. The molecule has 0 amide bonds. The zero-order chi connectivity index (χ0) is 12.8. The highest BCUT2D eigenvalue weighted by Crippen LogP contribution is 2.26. The highest BCUT2D eigenvalue weighted by Gasteiger charge is 2.21. The van der Waals surface area contributed by atoms with Crippen LogP contribution in [0.1, 0.15) is 34.6 Å². The SMILES string of the molecule is CCOC(=O)c1c(SCC)cccc1C(=O)O. The molecule has 1 rings (SSSR count). The van der Waals surface area contributed by atoms with Crippen LogP contribution in [0.5, 0.6) is 0 Å². The van der Waals surface area contributed by atoms with Gasteiger partial charge in [-0.05, 0) is 24.8 Å². The molecule has 1 aromatic rings. The zero-order valence-corrected chi connectivity index (χ0v) is 10.5. The number of ether oxygens (including phenoxy) is 1. The molecule has 0 unspecified atom stereocenters. The molecular formula is C12H14O4S. The molecule has 0 aliphatic rings. The van der Waals surface area contributed by atoms with Crippen LogP contribution >= 0.6 is 11.8 Å². The summed E-state index contributed by atoms with van der Waals surface area (Å²) < 4.78 is 4.89. The van der Waals surface area contributed by atoms with Crippen molar-refractivity contribution in [1.82, 2.24) is 0 Å². The van der Waals surface area contributed by atoms with Crippen LogP contribution in [0.3, 0.4) is 0 Å². The maximum atomic E-state index is 11.8. The normalized spacial score (nSPS) is 10.0. The van der Waals surface area contributed by atoms with Crippen LogP contribution < -0.4 is 0 Å². The zero-order valence-electron chi connectivity index (χ0n) is 9.73. The number of esters is 1. The van der Waals surface area contributed by atoms with Gasteiger partial charge in [0, 0.05) is 4.90 Å². The lowest BCUT2D eigenvalue weighted by molar-refractivity contribution is 0.0510. The van der Waals surface area contributed by atoms with E-state index in [-0.39, 0.29) is 17.7 Å². The van der Waals surface area contributed by atoms with Gasteiger partial charge in [-0.15, -0.1) is 11.8 Å². The van der Waals surface area contributed by atoms with E-state index >= 15 is 0 Å². The lowest BCUT2D eigenvalue weighted by atomic mass is 10.1. The van der Waals surface area contributed by atoms with Gasteiger partial charge in [-0.25, -0.2) is 9.59 Å². The summed E-state index contributed by atoms with van der Waals surface area (Å²) in [5.74, 6) is -0.941. The lowest BCUT2D eigenvalue weighted by Crippen LogP contribution is -2.13. The third-order valence-electron chi connectivity index (χ3n) is 2.04. The molecule has 17 heavy (non-hydrogen) atoms. The standard InChI is InChI=1S/C12H14O4S/c1-3-16-12(15)10-8(11(13)14)6-5-7-9(10)17-4-2/h5-7H,3-4H2,1-2H3,(H,13,14). The van der Waals surface area contributed by atoms with Crippen LogP contribution in [0.15, 0.2) is 23.1 Å². The fourth-order valence-electron chi connectivity index (χ4n) is 1.40. The van der Waals surface area contributed by atoms with Gasteiger partial charge in [-0.2, -0.15) is 0 Å². The van der Waals surface area contributed by atoms with Gasteiger partial charge in [-0.3, -0.25) is 0 Å². The van der Waals surface area contributed by atoms with E-state index in [4.69, 9.17) is 9.84 Å². The quantitative estimate of drug-likeness (QED) is 0.646. The topological polar surface area (TPSA) is 63.6 Å². The molecule has 1 aromatic carbocycles. The third-order valence-corrected chi connectivity index (χ3v) is 2.98. The van der Waals surface area contributed by atoms with Crippen molar-refractivity contribution in [3.8, 4) is 0 Å². The molecule has 0 aromatic heterocycles. The van der Waals surface area contributed by atoms with Crippen molar-refractivity contribution in [2.45, 2.75) is 18.7 Å². The largest absolute Gasteiger partial charge is 0.478 e. The van der Waals surface area contributed by atoms with Crippen molar-refractivity contribution in [1.29, 1.82) is 0 Å². The average Bonchev–Trinajstić information content (AvgIpc) is 2.29. The summed E-state index contributed by atoms with van der Waals surface area (Å²) in [7, 11) is 0. The van der Waals surface area contributed by atoms with Gasteiger partial charge < -0.3 is 9.84 Å². The molecule has 5 heteroatoms. The second kappa shape index (κ2) is 6.30. The molecule has 0 atom stereocenters. The Morgan fingerprint density at radius 1 is 1.35 bits per heavy atom. The van der Waals surface area contributed by atoms with E-state index in [0.29, 0.717) is 4.90 Å². The Balaban J connectivity index is 3.27. The van der Waals surface area contributed by atoms with Crippen molar-refractivity contribution in [3.63, 3.8) is 0 Å². The van der Waals surface area contributed by atoms with Gasteiger partial charge in [0.2, 0.25) is 0 Å². The minimum atomic E-state index is -1.12. The van der Waals surface area contributed by atoms with Crippen LogP contribution in [-0.2, 0) is 4.74 Å². The first kappa shape index (κ1) is 13.6. The summed E-state index contributed by atoms with van der Waals surface area (Å²) in [6.07, 6.45) is 0. The predicted octanol–water partition coefficient (Wildman–Crippen LogP) is 2.67. The van der Waals surface area contributed by atoms with Crippen LogP contribution in [-0.4, -0.2) is 29.4 Å². The Morgan fingerprint density at radius 3 is 2.59 bits per heavy atom. The molecule has 0 bridgehead atoms. The van der Waals surface area contributed by atoms with Gasteiger partial charge in [0.15, 0.2) is 0 Å². The number of carbonyl (C=O) groups is 2. The molecule has 0 fully saturated rings. The number of rotatable bonds is 5. The van der Waals surface area contributed by atoms with Gasteiger partial charge in [-0.1, -0.05) is 13.0 Å². The monoisotopic (exact) mass is 254 g/mol. The van der Waals surface area contributed by atoms with Crippen molar-refractivity contribution >= 4 is 23.7 Å². The van der Waals surface area contributed by atoms with Crippen molar-refractivity contribution in [3.05, 3.63) is 29.3 Å². The van der Waals surface area contributed by atoms with E-state index in [1.165, 1.54) is 17.8 Å². The number of carboxylic acids is 1. The number of hydrogen-bond donors (Lipinski definition) is 1. The smallest absolute Gasteiger partial charge is 0.340 e. The summed E-state index contributed by atoms with van der Waals surface area (Å²) >= 11 is 1.42. The molecular weight excluding hydrogens is 240 g/mol. The number of carboxylic acid groups (broad SMARTS) is 1. The number of thioether (sulfide) groups is 1. The average molecular weight is 254 g/mol. The van der Waals surface area contributed by atoms with Gasteiger partial charge in [0.25, 0.3) is 0 Å². The Labute approximate surface area is 104 Å². The molecule has 4 nitrogen and oxygen atoms in total. The molecule has 0 aliphatic carbocycles. The Hall–Kier alpha value is -1.49. The van der Waals surface area contributed by atoms with Gasteiger partial charge >= 0.3 is 11.9 Å². The van der Waals surface area contributed by atoms with E-state index in [1.54, 1.807) is 19.1 Å². The summed E-state index contributed by atoms with van der Waals surface area (Å²) in [5.41, 5.74) is 0.135. The van der Waals surface area contributed by atoms with E-state index in [1.807, 2.05) is 6.92 Å². The van der Waals surface area contributed by atoms with Crippen molar-refractivity contribution < 1.29 is 19.4 Å². The first-order chi connectivity index (χ1) is 8.11. The molecule has 0 aliphatic heterocycles. The van der Waals surface area contributed by atoms with Gasteiger partial charge in [0.1, 0.15) is 0 Å². The maximum Gasteiger partial charge on any atom is 0.340 e. The Bertz CT molecular complexity index is 429. The van der Waals surface area contributed by atoms with Crippen molar-refractivity contribution in [2.75, 3.05) is 12.4 Å². The van der Waals surface area contributed by atoms with Crippen molar-refractivity contribution in [2.24, 2.45) is 0 Å². The summed E-state index contributed by atoms with van der Waals surface area (Å²) in [6, 6.07) is 4.77. The Morgan fingerprint density at radius 2 is 2.06 bits per heavy atom. The molecule has 0 radical (unpaired) electrons. The lowest BCUT2D eigenvalue weighted by Gasteiger charge is -2.10.